The van der Waals surface area contributed by atoms with Gasteiger partial charge in [0.1, 0.15) is 0 Å². The number of hydrogen-bond acceptors (Lipinski definition) is 9. The van der Waals surface area contributed by atoms with Gasteiger partial charge >= 0.3 is 0 Å². The van der Waals surface area contributed by atoms with Crippen LogP contribution in [0.5, 0.6) is 0 Å². The molecule has 0 N–H and O–H groups in total. The molecule has 1 rings (SSSR count). The molecule has 9 nitrogen and oxygen atoms in total. The molecular formula is C21H41IO9. The lowest BCUT2D eigenvalue weighted by Gasteiger charge is -2.22. The van der Waals surface area contributed by atoms with E-state index in [1.165, 1.54) is 6.42 Å². The van der Waals surface area contributed by atoms with Crippen LogP contribution in [-0.2, 0) is 42.6 Å². The van der Waals surface area contributed by atoms with Gasteiger partial charge in [0.15, 0.2) is 6.29 Å². The van der Waals surface area contributed by atoms with Crippen molar-refractivity contribution in [3.63, 3.8) is 0 Å². The van der Waals surface area contributed by atoms with Gasteiger partial charge in [-0.2, -0.15) is 0 Å². The second-order valence-corrected chi connectivity index (χ2v) is 7.72. The summed E-state index contributed by atoms with van der Waals surface area (Å²) in [6, 6.07) is 0. The van der Waals surface area contributed by atoms with Crippen molar-refractivity contribution in [3.8, 4) is 0 Å². The van der Waals surface area contributed by atoms with Crippen molar-refractivity contribution in [2.45, 2.75) is 25.6 Å². The zero-order valence-electron chi connectivity index (χ0n) is 18.8. The fourth-order valence-electron chi connectivity index (χ4n) is 2.56. The van der Waals surface area contributed by atoms with E-state index in [-0.39, 0.29) is 6.29 Å². The molecule has 1 unspecified atom stereocenters. The maximum atomic E-state index is 5.59. The second kappa shape index (κ2) is 25.0. The van der Waals surface area contributed by atoms with Gasteiger partial charge < -0.3 is 42.6 Å². The third kappa shape index (κ3) is 22.0. The van der Waals surface area contributed by atoms with Gasteiger partial charge in [0.05, 0.1) is 99.1 Å². The summed E-state index contributed by atoms with van der Waals surface area (Å²) in [6.45, 7) is 9.44. The zero-order valence-corrected chi connectivity index (χ0v) is 20.9. The Bertz CT molecular complexity index is 347. The molecule has 0 aromatic rings. The molecule has 0 amide bonds. The Morgan fingerprint density at radius 2 is 0.903 bits per heavy atom. The Labute approximate surface area is 200 Å². The third-order valence-corrected chi connectivity index (χ3v) is 4.56. The molecule has 1 aliphatic rings. The predicted molar refractivity (Wildman–Crippen MR) is 124 cm³/mol. The van der Waals surface area contributed by atoms with Gasteiger partial charge in [-0.1, -0.05) is 22.6 Å². The Kier molecular flexibility index (Phi) is 23.7. The number of halogens is 1. The number of alkyl halides is 1. The molecule has 0 radical (unpaired) electrons. The molecule has 0 aromatic carbocycles. The molecule has 0 aromatic heterocycles. The highest BCUT2D eigenvalue weighted by atomic mass is 127. The van der Waals surface area contributed by atoms with E-state index >= 15 is 0 Å². The van der Waals surface area contributed by atoms with Crippen LogP contribution in [0.15, 0.2) is 0 Å². The lowest BCUT2D eigenvalue weighted by atomic mass is 10.2. The Morgan fingerprint density at radius 1 is 0.516 bits per heavy atom. The van der Waals surface area contributed by atoms with E-state index in [9.17, 15) is 0 Å². The maximum absolute atomic E-state index is 5.59. The zero-order chi connectivity index (χ0) is 22.1. The van der Waals surface area contributed by atoms with E-state index in [0.717, 1.165) is 30.5 Å². The van der Waals surface area contributed by atoms with E-state index in [1.54, 1.807) is 0 Å². The summed E-state index contributed by atoms with van der Waals surface area (Å²) >= 11 is 2.28. The van der Waals surface area contributed by atoms with Gasteiger partial charge in [0, 0.05) is 11.0 Å². The molecule has 1 saturated heterocycles. The first-order valence-electron chi connectivity index (χ1n) is 11.3. The van der Waals surface area contributed by atoms with E-state index in [4.69, 9.17) is 42.6 Å². The minimum Gasteiger partial charge on any atom is -0.378 e. The second-order valence-electron chi connectivity index (χ2n) is 6.64. The van der Waals surface area contributed by atoms with E-state index < -0.39 is 0 Å². The highest BCUT2D eigenvalue weighted by Crippen LogP contribution is 2.13. The molecule has 1 fully saturated rings. The molecule has 1 heterocycles. The average Bonchev–Trinajstić information content (AvgIpc) is 2.80. The highest BCUT2D eigenvalue weighted by molar-refractivity contribution is 14.1. The fraction of sp³-hybridized carbons (Fsp3) is 1.00. The molecule has 1 atom stereocenters. The summed E-state index contributed by atoms with van der Waals surface area (Å²) in [7, 11) is 0. The topological polar surface area (TPSA) is 83.1 Å². The summed E-state index contributed by atoms with van der Waals surface area (Å²) in [5, 5.41) is 0. The van der Waals surface area contributed by atoms with Gasteiger partial charge in [-0.3, -0.25) is 0 Å². The summed E-state index contributed by atoms with van der Waals surface area (Å²) in [4.78, 5) is 0. The first-order valence-corrected chi connectivity index (χ1v) is 12.8. The van der Waals surface area contributed by atoms with Crippen molar-refractivity contribution in [3.05, 3.63) is 0 Å². The average molecular weight is 564 g/mol. The maximum Gasteiger partial charge on any atom is 0.157 e. The molecule has 31 heavy (non-hydrogen) atoms. The molecular weight excluding hydrogens is 523 g/mol. The van der Waals surface area contributed by atoms with E-state index in [1.807, 2.05) is 0 Å². The Balaban J connectivity index is 1.62. The lowest BCUT2D eigenvalue weighted by molar-refractivity contribution is -0.169. The minimum absolute atomic E-state index is 0.0533. The molecule has 0 spiro atoms. The van der Waals surface area contributed by atoms with Crippen LogP contribution in [-0.4, -0.2) is 116 Å². The Morgan fingerprint density at radius 3 is 1.26 bits per heavy atom. The molecule has 0 saturated carbocycles. The molecule has 0 bridgehead atoms. The van der Waals surface area contributed by atoms with Crippen LogP contribution in [0.25, 0.3) is 0 Å². The van der Waals surface area contributed by atoms with E-state index in [2.05, 4.69) is 22.6 Å². The SMILES string of the molecule is ICCOCCOCCOCCOCCOCCOCCOCCOC1CCCCO1. The van der Waals surface area contributed by atoms with Crippen molar-refractivity contribution < 1.29 is 42.6 Å². The van der Waals surface area contributed by atoms with Crippen LogP contribution in [0.3, 0.4) is 0 Å². The molecule has 0 aliphatic carbocycles. The van der Waals surface area contributed by atoms with Crippen molar-refractivity contribution in [1.29, 1.82) is 0 Å². The van der Waals surface area contributed by atoms with Crippen molar-refractivity contribution in [2.24, 2.45) is 0 Å². The monoisotopic (exact) mass is 564 g/mol. The largest absolute Gasteiger partial charge is 0.378 e. The van der Waals surface area contributed by atoms with Crippen molar-refractivity contribution in [1.82, 2.24) is 0 Å². The number of hydrogen-bond donors (Lipinski definition) is 0. The van der Waals surface area contributed by atoms with Gasteiger partial charge in [-0.05, 0) is 19.3 Å². The van der Waals surface area contributed by atoms with Crippen LogP contribution in [0.4, 0.5) is 0 Å². The quantitative estimate of drug-likeness (QED) is 0.0995. The molecule has 186 valence electrons. The van der Waals surface area contributed by atoms with Crippen molar-refractivity contribution >= 4 is 22.6 Å². The number of rotatable bonds is 24. The molecule has 10 heteroatoms. The van der Waals surface area contributed by atoms with Gasteiger partial charge in [0.2, 0.25) is 0 Å². The van der Waals surface area contributed by atoms with Crippen LogP contribution in [0, 0.1) is 0 Å². The van der Waals surface area contributed by atoms with Gasteiger partial charge in [-0.15, -0.1) is 0 Å². The summed E-state index contributed by atoms with van der Waals surface area (Å²) in [6.07, 6.45) is 3.23. The standard InChI is InChI=1S/C21H41IO9/c22-4-6-23-7-8-24-9-10-25-11-12-26-13-14-27-15-16-28-17-18-29-19-20-31-21-3-1-2-5-30-21/h21H,1-20H2. The first kappa shape index (κ1) is 29.4. The third-order valence-electron chi connectivity index (χ3n) is 4.12. The van der Waals surface area contributed by atoms with Crippen LogP contribution >= 0.6 is 22.6 Å². The predicted octanol–water partition coefficient (Wildman–Crippen LogP) is 2.08. The minimum atomic E-state index is -0.0533. The smallest absolute Gasteiger partial charge is 0.157 e. The number of ether oxygens (including phenoxy) is 9. The summed E-state index contributed by atoms with van der Waals surface area (Å²) in [5.74, 6) is 0. The van der Waals surface area contributed by atoms with Crippen molar-refractivity contribution in [2.75, 3.05) is 110 Å². The van der Waals surface area contributed by atoms with Crippen LogP contribution < -0.4 is 0 Å². The fourth-order valence-corrected chi connectivity index (χ4v) is 2.87. The van der Waals surface area contributed by atoms with Gasteiger partial charge in [-0.25, -0.2) is 0 Å². The van der Waals surface area contributed by atoms with Crippen LogP contribution in [0.2, 0.25) is 0 Å². The Hall–Kier alpha value is 0.370. The first-order chi connectivity index (χ1) is 15.4. The summed E-state index contributed by atoms with van der Waals surface area (Å²) in [5.41, 5.74) is 0. The van der Waals surface area contributed by atoms with E-state index in [0.29, 0.717) is 92.5 Å². The molecule has 1 aliphatic heterocycles. The van der Waals surface area contributed by atoms with Gasteiger partial charge in [0.25, 0.3) is 0 Å². The highest BCUT2D eigenvalue weighted by Gasteiger charge is 2.13. The normalized spacial score (nSPS) is 16.7. The lowest BCUT2D eigenvalue weighted by Crippen LogP contribution is -2.24. The summed E-state index contributed by atoms with van der Waals surface area (Å²) < 4.78 is 50.0. The van der Waals surface area contributed by atoms with Crippen LogP contribution in [0.1, 0.15) is 19.3 Å².